The molecule has 0 saturated carbocycles. The molecule has 2 aromatic rings. The number of pyridine rings is 1. The fourth-order valence-corrected chi connectivity index (χ4v) is 2.95. The van der Waals surface area contributed by atoms with E-state index in [0.717, 1.165) is 38.4 Å². The van der Waals surface area contributed by atoms with Crippen molar-refractivity contribution in [2.45, 2.75) is 33.2 Å². The molecule has 0 radical (unpaired) electrons. The molecule has 126 valence electrons. The summed E-state index contributed by atoms with van der Waals surface area (Å²) in [5, 5.41) is 6.66. The van der Waals surface area contributed by atoms with Gasteiger partial charge in [0.2, 0.25) is 0 Å². The molecule has 0 fully saturated rings. The molecular weight excluding hydrogens is 419 g/mol. The summed E-state index contributed by atoms with van der Waals surface area (Å²) in [7, 11) is 0. The zero-order valence-electron chi connectivity index (χ0n) is 13.7. The predicted molar refractivity (Wildman–Crippen MR) is 110 cm³/mol. The Balaban J connectivity index is 0.00000264. The molecule has 0 saturated heterocycles. The van der Waals surface area contributed by atoms with E-state index in [1.807, 2.05) is 23.6 Å². The first-order valence-corrected chi connectivity index (χ1v) is 8.62. The van der Waals surface area contributed by atoms with Gasteiger partial charge in [0, 0.05) is 35.2 Å². The largest absolute Gasteiger partial charge is 0.357 e. The average Bonchev–Trinajstić information content (AvgIpc) is 3.02. The van der Waals surface area contributed by atoms with Crippen molar-refractivity contribution in [3.8, 4) is 0 Å². The van der Waals surface area contributed by atoms with E-state index in [0.29, 0.717) is 0 Å². The standard InChI is InChI=1S/C17H24N4S.HI/c1-3-15-7-8-16(22-15)13-21-17(19-4-2)20-11-9-14-6-5-10-18-12-14;/h5-8,10,12H,3-4,9,11,13H2,1-2H3,(H2,19,20,21);1H. The fourth-order valence-electron chi connectivity index (χ4n) is 2.07. The Kier molecular flexibility index (Phi) is 9.86. The number of nitrogens with zero attached hydrogens (tertiary/aromatic N) is 2. The van der Waals surface area contributed by atoms with Crippen LogP contribution in [0.1, 0.15) is 29.2 Å². The Labute approximate surface area is 159 Å². The van der Waals surface area contributed by atoms with Gasteiger partial charge in [-0.3, -0.25) is 4.98 Å². The number of rotatable bonds is 7. The lowest BCUT2D eigenvalue weighted by atomic mass is 10.2. The van der Waals surface area contributed by atoms with Crippen LogP contribution in [0, 0.1) is 0 Å². The van der Waals surface area contributed by atoms with E-state index in [4.69, 9.17) is 0 Å². The molecule has 0 amide bonds. The van der Waals surface area contributed by atoms with Crippen molar-refractivity contribution in [2.75, 3.05) is 13.1 Å². The lowest BCUT2D eigenvalue weighted by Crippen LogP contribution is -2.38. The molecule has 2 rings (SSSR count). The van der Waals surface area contributed by atoms with Gasteiger partial charge in [-0.15, -0.1) is 35.3 Å². The van der Waals surface area contributed by atoms with Crippen LogP contribution in [0.2, 0.25) is 0 Å². The molecule has 0 aliphatic carbocycles. The number of guanidine groups is 1. The molecule has 2 heterocycles. The predicted octanol–water partition coefficient (Wildman–Crippen LogP) is 3.62. The molecule has 2 N–H and O–H groups in total. The molecule has 0 bridgehead atoms. The highest BCUT2D eigenvalue weighted by molar-refractivity contribution is 14.0. The van der Waals surface area contributed by atoms with Crippen LogP contribution in [0.25, 0.3) is 0 Å². The zero-order valence-corrected chi connectivity index (χ0v) is 16.9. The Morgan fingerprint density at radius 1 is 1.17 bits per heavy atom. The summed E-state index contributed by atoms with van der Waals surface area (Å²) < 4.78 is 0. The van der Waals surface area contributed by atoms with Crippen LogP contribution in [-0.4, -0.2) is 24.0 Å². The smallest absolute Gasteiger partial charge is 0.191 e. The van der Waals surface area contributed by atoms with Gasteiger partial charge in [0.15, 0.2) is 5.96 Å². The second-order valence-electron chi connectivity index (χ2n) is 4.95. The molecule has 0 unspecified atom stereocenters. The van der Waals surface area contributed by atoms with E-state index in [1.54, 1.807) is 6.20 Å². The van der Waals surface area contributed by atoms with E-state index in [1.165, 1.54) is 15.3 Å². The molecule has 4 nitrogen and oxygen atoms in total. The molecule has 2 aromatic heterocycles. The Hall–Kier alpha value is -1.15. The minimum atomic E-state index is 0. The summed E-state index contributed by atoms with van der Waals surface area (Å²) in [6.45, 7) is 6.71. The molecular formula is C17H25IN4S. The van der Waals surface area contributed by atoms with Crippen LogP contribution in [0.3, 0.4) is 0 Å². The second-order valence-corrected chi connectivity index (χ2v) is 6.21. The van der Waals surface area contributed by atoms with Crippen LogP contribution < -0.4 is 10.6 Å². The topological polar surface area (TPSA) is 49.3 Å². The van der Waals surface area contributed by atoms with Gasteiger partial charge in [0.05, 0.1) is 6.54 Å². The minimum Gasteiger partial charge on any atom is -0.357 e. The summed E-state index contributed by atoms with van der Waals surface area (Å²) in [5.41, 5.74) is 1.23. The Morgan fingerprint density at radius 3 is 2.65 bits per heavy atom. The van der Waals surface area contributed by atoms with Crippen LogP contribution in [0.15, 0.2) is 41.7 Å². The average molecular weight is 444 g/mol. The summed E-state index contributed by atoms with van der Waals surface area (Å²) in [6, 6.07) is 8.43. The number of thiophene rings is 1. The van der Waals surface area contributed by atoms with Gasteiger partial charge >= 0.3 is 0 Å². The van der Waals surface area contributed by atoms with Gasteiger partial charge in [0.25, 0.3) is 0 Å². The van der Waals surface area contributed by atoms with Crippen molar-refractivity contribution in [1.29, 1.82) is 0 Å². The molecule has 0 spiro atoms. The van der Waals surface area contributed by atoms with Gasteiger partial charge in [-0.25, -0.2) is 4.99 Å². The van der Waals surface area contributed by atoms with Gasteiger partial charge in [-0.2, -0.15) is 0 Å². The van der Waals surface area contributed by atoms with Crippen LogP contribution in [-0.2, 0) is 19.4 Å². The van der Waals surface area contributed by atoms with E-state index in [2.05, 4.69) is 52.7 Å². The van der Waals surface area contributed by atoms with Crippen molar-refractivity contribution in [2.24, 2.45) is 4.99 Å². The number of hydrogen-bond acceptors (Lipinski definition) is 3. The molecule has 23 heavy (non-hydrogen) atoms. The summed E-state index contributed by atoms with van der Waals surface area (Å²) in [6.07, 6.45) is 5.74. The summed E-state index contributed by atoms with van der Waals surface area (Å²) >= 11 is 1.84. The maximum absolute atomic E-state index is 4.65. The summed E-state index contributed by atoms with van der Waals surface area (Å²) in [5.74, 6) is 0.873. The third kappa shape index (κ3) is 7.30. The Bertz CT molecular complexity index is 583. The SMILES string of the molecule is CCNC(=NCc1ccc(CC)s1)NCCc1cccnc1.I. The van der Waals surface area contributed by atoms with Crippen molar-refractivity contribution < 1.29 is 0 Å². The monoisotopic (exact) mass is 444 g/mol. The van der Waals surface area contributed by atoms with Crippen LogP contribution in [0.4, 0.5) is 0 Å². The highest BCUT2D eigenvalue weighted by Gasteiger charge is 2.00. The van der Waals surface area contributed by atoms with Gasteiger partial charge < -0.3 is 10.6 Å². The van der Waals surface area contributed by atoms with Crippen LogP contribution >= 0.6 is 35.3 Å². The molecule has 0 aliphatic rings. The quantitative estimate of drug-likeness (QED) is 0.390. The van der Waals surface area contributed by atoms with Crippen LogP contribution in [0.5, 0.6) is 0 Å². The van der Waals surface area contributed by atoms with E-state index in [9.17, 15) is 0 Å². The Morgan fingerprint density at radius 2 is 2.00 bits per heavy atom. The van der Waals surface area contributed by atoms with Crippen molar-refractivity contribution in [1.82, 2.24) is 15.6 Å². The molecule has 0 aromatic carbocycles. The first-order valence-electron chi connectivity index (χ1n) is 7.80. The summed E-state index contributed by atoms with van der Waals surface area (Å²) in [4.78, 5) is 11.5. The maximum Gasteiger partial charge on any atom is 0.191 e. The van der Waals surface area contributed by atoms with Crippen molar-refractivity contribution in [3.63, 3.8) is 0 Å². The van der Waals surface area contributed by atoms with Gasteiger partial charge in [-0.05, 0) is 43.5 Å². The van der Waals surface area contributed by atoms with E-state index in [-0.39, 0.29) is 24.0 Å². The number of nitrogens with one attached hydrogen (secondary N) is 2. The zero-order chi connectivity index (χ0) is 15.6. The van der Waals surface area contributed by atoms with Gasteiger partial charge in [-0.1, -0.05) is 13.0 Å². The molecule has 0 atom stereocenters. The molecule has 6 heteroatoms. The first-order chi connectivity index (χ1) is 10.8. The van der Waals surface area contributed by atoms with Crippen molar-refractivity contribution in [3.05, 3.63) is 52.0 Å². The number of aromatic nitrogens is 1. The third-order valence-electron chi connectivity index (χ3n) is 3.23. The number of hydrogen-bond donors (Lipinski definition) is 2. The third-order valence-corrected chi connectivity index (χ3v) is 4.45. The van der Waals surface area contributed by atoms with E-state index < -0.39 is 0 Å². The lowest BCUT2D eigenvalue weighted by Gasteiger charge is -2.10. The van der Waals surface area contributed by atoms with Gasteiger partial charge in [0.1, 0.15) is 0 Å². The second kappa shape index (κ2) is 11.4. The number of aryl methyl sites for hydroxylation is 1. The lowest BCUT2D eigenvalue weighted by molar-refractivity contribution is 0.799. The highest BCUT2D eigenvalue weighted by Crippen LogP contribution is 2.17. The van der Waals surface area contributed by atoms with E-state index >= 15 is 0 Å². The van der Waals surface area contributed by atoms with Crippen molar-refractivity contribution >= 4 is 41.3 Å². The molecule has 0 aliphatic heterocycles. The maximum atomic E-state index is 4.65. The number of aliphatic imine (C=N–C) groups is 1. The minimum absolute atomic E-state index is 0. The number of halogens is 1. The first kappa shape index (κ1) is 19.9. The fraction of sp³-hybridized carbons (Fsp3) is 0.412. The normalized spacial score (nSPS) is 11.0. The highest BCUT2D eigenvalue weighted by atomic mass is 127.